The molecule has 0 bridgehead atoms. The van der Waals surface area contributed by atoms with Gasteiger partial charge in [-0.25, -0.2) is 4.79 Å². The smallest absolute Gasteiger partial charge is 0.297 e. The third-order valence-corrected chi connectivity index (χ3v) is 2.50. The molecule has 0 fully saturated rings. The van der Waals surface area contributed by atoms with Crippen molar-refractivity contribution in [1.29, 1.82) is 0 Å². The number of nitrogens with one attached hydrogen (secondary N) is 1. The molecule has 1 heterocycles. The lowest BCUT2D eigenvalue weighted by Crippen LogP contribution is -2.37. The van der Waals surface area contributed by atoms with Gasteiger partial charge in [0.05, 0.1) is 5.56 Å². The summed E-state index contributed by atoms with van der Waals surface area (Å²) in [5.74, 6) is 0.00459. The van der Waals surface area contributed by atoms with Gasteiger partial charge < -0.3 is 0 Å². The second kappa shape index (κ2) is 4.66. The quantitative estimate of drug-likeness (QED) is 0.804. The standard InChI is InChI=1S/C10H15ClN2O2/c1-4-5-13-9(14)7(6(2)3)8(11)12-10(13)15/h6H,4-5H2,1-3H3,(H,12,15). The molecule has 0 unspecified atom stereocenters. The Balaban J connectivity index is 3.50. The van der Waals surface area contributed by atoms with Gasteiger partial charge in [-0.15, -0.1) is 0 Å². The lowest BCUT2D eigenvalue weighted by molar-refractivity contribution is 0.601. The first-order valence-electron chi connectivity index (χ1n) is 5.01. The Bertz CT molecular complexity index is 459. The van der Waals surface area contributed by atoms with E-state index in [1.54, 1.807) is 0 Å². The number of hydrogen-bond acceptors (Lipinski definition) is 2. The van der Waals surface area contributed by atoms with Crippen LogP contribution in [0, 0.1) is 0 Å². The van der Waals surface area contributed by atoms with Crippen LogP contribution < -0.4 is 11.2 Å². The SMILES string of the molecule is CCCn1c(=O)[nH]c(Cl)c(C(C)C)c1=O. The second-order valence-corrected chi connectivity index (χ2v) is 4.15. The van der Waals surface area contributed by atoms with Gasteiger partial charge >= 0.3 is 5.69 Å². The molecule has 0 amide bonds. The molecule has 0 aromatic carbocycles. The van der Waals surface area contributed by atoms with E-state index in [1.165, 1.54) is 4.57 Å². The van der Waals surface area contributed by atoms with Crippen LogP contribution in [0.5, 0.6) is 0 Å². The van der Waals surface area contributed by atoms with Crippen molar-refractivity contribution in [1.82, 2.24) is 9.55 Å². The molecule has 0 aliphatic carbocycles. The largest absolute Gasteiger partial charge is 0.329 e. The normalized spacial score (nSPS) is 11.0. The Labute approximate surface area is 92.9 Å². The molecule has 1 aromatic heterocycles. The van der Waals surface area contributed by atoms with Crippen molar-refractivity contribution in [2.45, 2.75) is 39.7 Å². The summed E-state index contributed by atoms with van der Waals surface area (Å²) < 4.78 is 1.20. The van der Waals surface area contributed by atoms with E-state index in [2.05, 4.69) is 4.98 Å². The molecular formula is C10H15ClN2O2. The molecule has 0 saturated carbocycles. The number of rotatable bonds is 3. The summed E-state index contributed by atoms with van der Waals surface area (Å²) in [4.78, 5) is 25.8. The van der Waals surface area contributed by atoms with E-state index in [-0.39, 0.29) is 16.6 Å². The molecule has 0 saturated heterocycles. The fraction of sp³-hybridized carbons (Fsp3) is 0.600. The van der Waals surface area contributed by atoms with Gasteiger partial charge in [0, 0.05) is 6.54 Å². The van der Waals surface area contributed by atoms with Gasteiger partial charge in [0.25, 0.3) is 5.56 Å². The second-order valence-electron chi connectivity index (χ2n) is 3.77. The summed E-state index contributed by atoms with van der Waals surface area (Å²) in [6.45, 7) is 6.08. The topological polar surface area (TPSA) is 54.9 Å². The van der Waals surface area contributed by atoms with Gasteiger partial charge in [-0.05, 0) is 12.3 Å². The van der Waals surface area contributed by atoms with Crippen molar-refractivity contribution in [2.24, 2.45) is 0 Å². The van der Waals surface area contributed by atoms with E-state index in [0.29, 0.717) is 12.1 Å². The van der Waals surface area contributed by atoms with Crippen LogP contribution in [0.15, 0.2) is 9.59 Å². The molecule has 84 valence electrons. The summed E-state index contributed by atoms with van der Waals surface area (Å²) in [5, 5.41) is 0.160. The van der Waals surface area contributed by atoms with E-state index >= 15 is 0 Å². The van der Waals surface area contributed by atoms with Crippen LogP contribution in [0.1, 0.15) is 38.7 Å². The molecule has 1 N–H and O–H groups in total. The molecule has 0 spiro atoms. The average molecular weight is 231 g/mol. The molecule has 5 heteroatoms. The van der Waals surface area contributed by atoms with Crippen LogP contribution in [0.25, 0.3) is 0 Å². The van der Waals surface area contributed by atoms with Crippen molar-refractivity contribution in [3.63, 3.8) is 0 Å². The van der Waals surface area contributed by atoms with Crippen LogP contribution in [0.4, 0.5) is 0 Å². The van der Waals surface area contributed by atoms with Gasteiger partial charge in [0.15, 0.2) is 0 Å². The Kier molecular flexibility index (Phi) is 3.74. The lowest BCUT2D eigenvalue weighted by Gasteiger charge is -2.10. The highest BCUT2D eigenvalue weighted by Crippen LogP contribution is 2.16. The minimum atomic E-state index is -0.434. The summed E-state index contributed by atoms with van der Waals surface area (Å²) in [6.07, 6.45) is 0.738. The first-order chi connectivity index (χ1) is 6.99. The van der Waals surface area contributed by atoms with Crippen LogP contribution in [-0.4, -0.2) is 9.55 Å². The highest BCUT2D eigenvalue weighted by molar-refractivity contribution is 6.30. The van der Waals surface area contributed by atoms with Crippen LogP contribution >= 0.6 is 11.6 Å². The number of hydrogen-bond donors (Lipinski definition) is 1. The third-order valence-electron chi connectivity index (χ3n) is 2.20. The minimum Gasteiger partial charge on any atom is -0.297 e. The number of H-pyrrole nitrogens is 1. The van der Waals surface area contributed by atoms with E-state index in [0.717, 1.165) is 6.42 Å². The van der Waals surface area contributed by atoms with Gasteiger partial charge in [-0.3, -0.25) is 14.3 Å². The zero-order valence-electron chi connectivity index (χ0n) is 9.13. The molecular weight excluding hydrogens is 216 g/mol. The Hall–Kier alpha value is -1.03. The monoisotopic (exact) mass is 230 g/mol. The summed E-state index contributed by atoms with van der Waals surface area (Å²) in [7, 11) is 0. The Morgan fingerprint density at radius 3 is 2.47 bits per heavy atom. The Morgan fingerprint density at radius 1 is 1.40 bits per heavy atom. The maximum atomic E-state index is 11.9. The lowest BCUT2D eigenvalue weighted by atomic mass is 10.1. The van der Waals surface area contributed by atoms with Crippen LogP contribution in [0.2, 0.25) is 5.15 Å². The van der Waals surface area contributed by atoms with Gasteiger partial charge in [0.2, 0.25) is 0 Å². The molecule has 1 rings (SSSR count). The zero-order valence-corrected chi connectivity index (χ0v) is 9.89. The van der Waals surface area contributed by atoms with E-state index in [1.807, 2.05) is 20.8 Å². The minimum absolute atomic E-state index is 0.00459. The first-order valence-corrected chi connectivity index (χ1v) is 5.39. The summed E-state index contributed by atoms with van der Waals surface area (Å²) in [6, 6.07) is 0. The van der Waals surface area contributed by atoms with Crippen LogP contribution in [-0.2, 0) is 6.54 Å². The van der Waals surface area contributed by atoms with E-state index in [4.69, 9.17) is 11.6 Å². The first kappa shape index (κ1) is 12.0. The molecule has 4 nitrogen and oxygen atoms in total. The number of aromatic amines is 1. The summed E-state index contributed by atoms with van der Waals surface area (Å²) in [5.41, 5.74) is -0.235. The summed E-state index contributed by atoms with van der Waals surface area (Å²) >= 11 is 5.83. The highest BCUT2D eigenvalue weighted by atomic mass is 35.5. The number of halogens is 1. The predicted octanol–water partition coefficient (Wildman–Crippen LogP) is 1.72. The molecule has 0 aliphatic heterocycles. The maximum Gasteiger partial charge on any atom is 0.329 e. The average Bonchev–Trinajstić information content (AvgIpc) is 2.11. The van der Waals surface area contributed by atoms with Gasteiger partial charge in [-0.1, -0.05) is 32.4 Å². The van der Waals surface area contributed by atoms with E-state index < -0.39 is 5.69 Å². The van der Waals surface area contributed by atoms with Crippen molar-refractivity contribution in [2.75, 3.05) is 0 Å². The fourth-order valence-corrected chi connectivity index (χ4v) is 1.87. The molecule has 0 aliphatic rings. The van der Waals surface area contributed by atoms with Crippen molar-refractivity contribution in [3.05, 3.63) is 31.6 Å². The number of aromatic nitrogens is 2. The molecule has 15 heavy (non-hydrogen) atoms. The molecule has 0 radical (unpaired) electrons. The third kappa shape index (κ3) is 2.31. The van der Waals surface area contributed by atoms with Crippen molar-refractivity contribution < 1.29 is 0 Å². The van der Waals surface area contributed by atoms with Gasteiger partial charge in [-0.2, -0.15) is 0 Å². The number of nitrogens with zero attached hydrogens (tertiary/aromatic N) is 1. The molecule has 1 aromatic rings. The Morgan fingerprint density at radius 2 is 2.00 bits per heavy atom. The van der Waals surface area contributed by atoms with Crippen molar-refractivity contribution in [3.8, 4) is 0 Å². The highest BCUT2D eigenvalue weighted by Gasteiger charge is 2.14. The van der Waals surface area contributed by atoms with E-state index in [9.17, 15) is 9.59 Å². The fourth-order valence-electron chi connectivity index (χ4n) is 1.49. The van der Waals surface area contributed by atoms with Gasteiger partial charge in [0.1, 0.15) is 5.15 Å². The zero-order chi connectivity index (χ0) is 11.6. The predicted molar refractivity (Wildman–Crippen MR) is 60.7 cm³/mol. The van der Waals surface area contributed by atoms with Crippen molar-refractivity contribution >= 4 is 11.6 Å². The maximum absolute atomic E-state index is 11.9. The molecule has 0 atom stereocenters. The van der Waals surface area contributed by atoms with Crippen LogP contribution in [0.3, 0.4) is 0 Å².